The molecule has 0 N–H and O–H groups in total. The van der Waals surface area contributed by atoms with Gasteiger partial charge in [-0.25, -0.2) is 0 Å². The average molecular weight is 507 g/mol. The van der Waals surface area contributed by atoms with Crippen molar-refractivity contribution in [2.24, 2.45) is 0 Å². The van der Waals surface area contributed by atoms with Crippen LogP contribution in [-0.4, -0.2) is 5.78 Å². The van der Waals surface area contributed by atoms with Crippen molar-refractivity contribution in [2.75, 3.05) is 0 Å². The first-order valence-electron chi connectivity index (χ1n) is 17.3. The van der Waals surface area contributed by atoms with Crippen LogP contribution >= 0.6 is 0 Å². The molecule has 36 heavy (non-hydrogen) atoms. The first kappa shape index (κ1) is 35.7. The van der Waals surface area contributed by atoms with Crippen LogP contribution in [0.3, 0.4) is 0 Å². The lowest BCUT2D eigenvalue weighted by atomic mass is 10.0. The summed E-state index contributed by atoms with van der Waals surface area (Å²) in [6.07, 6.45) is 43.6. The fraction of sp³-hybridized carbons (Fsp3) is 0.971. The lowest BCUT2D eigenvalue weighted by Gasteiger charge is -2.04. The molecule has 0 amide bonds. The minimum atomic E-state index is 0.518. The Balaban J connectivity index is 3.09. The van der Waals surface area contributed by atoms with Crippen molar-refractivity contribution in [1.29, 1.82) is 0 Å². The topological polar surface area (TPSA) is 17.1 Å². The summed E-state index contributed by atoms with van der Waals surface area (Å²) < 4.78 is 0. The molecule has 216 valence electrons. The largest absolute Gasteiger partial charge is 0.300 e. The fourth-order valence-corrected chi connectivity index (χ4v) is 5.51. The van der Waals surface area contributed by atoms with Crippen molar-refractivity contribution in [1.82, 2.24) is 0 Å². The van der Waals surface area contributed by atoms with Crippen LogP contribution in [0.1, 0.15) is 219 Å². The number of hydrogen-bond donors (Lipinski definition) is 0. The summed E-state index contributed by atoms with van der Waals surface area (Å²) in [6.45, 7) is 4.56. The molecule has 0 rings (SSSR count). The Bertz CT molecular complexity index is 401. The maximum atomic E-state index is 12.0. The van der Waals surface area contributed by atoms with Crippen molar-refractivity contribution >= 4 is 5.78 Å². The van der Waals surface area contributed by atoms with Crippen LogP contribution in [0.2, 0.25) is 0 Å². The van der Waals surface area contributed by atoms with Gasteiger partial charge in [0.25, 0.3) is 0 Å². The van der Waals surface area contributed by atoms with Crippen molar-refractivity contribution in [3.05, 3.63) is 0 Å². The third kappa shape index (κ3) is 31.7. The molecular formula is C35H70O. The van der Waals surface area contributed by atoms with E-state index >= 15 is 0 Å². The van der Waals surface area contributed by atoms with E-state index in [1.165, 1.54) is 180 Å². The first-order chi connectivity index (χ1) is 17.8. The molecule has 0 unspecified atom stereocenters. The zero-order valence-corrected chi connectivity index (χ0v) is 25.5. The predicted octanol–water partition coefficient (Wildman–Crippen LogP) is 13.1. The summed E-state index contributed by atoms with van der Waals surface area (Å²) in [6, 6.07) is 0. The fourth-order valence-electron chi connectivity index (χ4n) is 5.51. The average Bonchev–Trinajstić information content (AvgIpc) is 2.88. The number of carbonyl (C=O) groups is 1. The van der Waals surface area contributed by atoms with Crippen LogP contribution in [0.15, 0.2) is 0 Å². The SMILES string of the molecule is CCCCCCCCCCCCCCCCCCCCCCCCCCC(=O)CCCCCCCC. The lowest BCUT2D eigenvalue weighted by molar-refractivity contribution is -0.119. The number of rotatable bonds is 32. The highest BCUT2D eigenvalue weighted by molar-refractivity contribution is 5.78. The van der Waals surface area contributed by atoms with Gasteiger partial charge in [-0.15, -0.1) is 0 Å². The molecule has 0 aromatic heterocycles. The molecule has 0 aromatic carbocycles. The lowest BCUT2D eigenvalue weighted by Crippen LogP contribution is -1.97. The monoisotopic (exact) mass is 507 g/mol. The second kappa shape index (κ2) is 32.7. The highest BCUT2D eigenvalue weighted by Crippen LogP contribution is 2.16. The second-order valence-electron chi connectivity index (χ2n) is 11.9. The molecule has 0 atom stereocenters. The number of unbranched alkanes of at least 4 members (excludes halogenated alkanes) is 28. The van der Waals surface area contributed by atoms with E-state index in [1.54, 1.807) is 0 Å². The van der Waals surface area contributed by atoms with Crippen molar-refractivity contribution in [2.45, 2.75) is 219 Å². The van der Waals surface area contributed by atoms with Crippen LogP contribution < -0.4 is 0 Å². The smallest absolute Gasteiger partial charge is 0.132 e. The van der Waals surface area contributed by atoms with Crippen LogP contribution in [0.5, 0.6) is 0 Å². The third-order valence-corrected chi connectivity index (χ3v) is 8.12. The molecule has 0 aromatic rings. The third-order valence-electron chi connectivity index (χ3n) is 8.12. The molecule has 0 fully saturated rings. The molecule has 1 nitrogen and oxygen atoms in total. The molecule has 0 spiro atoms. The minimum absolute atomic E-state index is 0.518. The minimum Gasteiger partial charge on any atom is -0.300 e. The number of ketones is 1. The molecular weight excluding hydrogens is 436 g/mol. The molecule has 0 aliphatic heterocycles. The molecule has 0 saturated heterocycles. The van der Waals surface area contributed by atoms with E-state index in [2.05, 4.69) is 13.8 Å². The Labute approximate surface area is 229 Å². The number of Topliss-reactive ketones (excluding diaryl/α,β-unsaturated/α-hetero) is 1. The molecule has 0 aliphatic rings. The van der Waals surface area contributed by atoms with Crippen LogP contribution in [-0.2, 0) is 4.79 Å². The summed E-state index contributed by atoms with van der Waals surface area (Å²) in [5, 5.41) is 0. The Morgan fingerprint density at radius 3 is 0.639 bits per heavy atom. The zero-order valence-electron chi connectivity index (χ0n) is 25.5. The predicted molar refractivity (Wildman–Crippen MR) is 164 cm³/mol. The number of hydrogen-bond acceptors (Lipinski definition) is 1. The van der Waals surface area contributed by atoms with Crippen LogP contribution in [0.25, 0.3) is 0 Å². The van der Waals surface area contributed by atoms with Crippen LogP contribution in [0, 0.1) is 0 Å². The van der Waals surface area contributed by atoms with Gasteiger partial charge in [-0.05, 0) is 12.8 Å². The van der Waals surface area contributed by atoms with Gasteiger partial charge in [-0.1, -0.05) is 194 Å². The van der Waals surface area contributed by atoms with Gasteiger partial charge in [0.05, 0.1) is 0 Å². The summed E-state index contributed by atoms with van der Waals surface area (Å²) in [4.78, 5) is 12.0. The van der Waals surface area contributed by atoms with Gasteiger partial charge in [-0.2, -0.15) is 0 Å². The van der Waals surface area contributed by atoms with E-state index in [9.17, 15) is 4.79 Å². The summed E-state index contributed by atoms with van der Waals surface area (Å²) >= 11 is 0. The van der Waals surface area contributed by atoms with Gasteiger partial charge in [-0.3, -0.25) is 4.79 Å². The molecule has 1 heteroatoms. The summed E-state index contributed by atoms with van der Waals surface area (Å²) in [7, 11) is 0. The van der Waals surface area contributed by atoms with Crippen molar-refractivity contribution in [3.63, 3.8) is 0 Å². The van der Waals surface area contributed by atoms with Crippen LogP contribution in [0.4, 0.5) is 0 Å². The first-order valence-corrected chi connectivity index (χ1v) is 17.3. The Morgan fingerprint density at radius 1 is 0.278 bits per heavy atom. The van der Waals surface area contributed by atoms with E-state index in [1.807, 2.05) is 0 Å². The molecule has 0 saturated carbocycles. The van der Waals surface area contributed by atoms with Gasteiger partial charge < -0.3 is 0 Å². The van der Waals surface area contributed by atoms with E-state index < -0.39 is 0 Å². The van der Waals surface area contributed by atoms with E-state index in [-0.39, 0.29) is 0 Å². The Kier molecular flexibility index (Phi) is 32.4. The zero-order chi connectivity index (χ0) is 26.2. The van der Waals surface area contributed by atoms with Gasteiger partial charge in [0, 0.05) is 12.8 Å². The maximum Gasteiger partial charge on any atom is 0.132 e. The second-order valence-corrected chi connectivity index (χ2v) is 11.9. The van der Waals surface area contributed by atoms with Gasteiger partial charge >= 0.3 is 0 Å². The molecule has 0 aliphatic carbocycles. The standard InChI is InChI=1S/C35H70O/c1-3-5-7-9-11-12-13-14-15-16-17-18-19-20-21-22-23-24-25-26-27-28-30-32-34-35(36)33-31-29-10-8-6-4-2/h3-34H2,1-2H3. The number of carbonyl (C=O) groups excluding carboxylic acids is 1. The Morgan fingerprint density at radius 2 is 0.444 bits per heavy atom. The quantitative estimate of drug-likeness (QED) is 0.0829. The highest BCUT2D eigenvalue weighted by atomic mass is 16.1. The summed E-state index contributed by atoms with van der Waals surface area (Å²) in [5.74, 6) is 0.518. The van der Waals surface area contributed by atoms with Gasteiger partial charge in [0.15, 0.2) is 0 Å². The van der Waals surface area contributed by atoms with Gasteiger partial charge in [0.2, 0.25) is 0 Å². The van der Waals surface area contributed by atoms with Crippen molar-refractivity contribution < 1.29 is 4.79 Å². The van der Waals surface area contributed by atoms with Crippen molar-refractivity contribution in [3.8, 4) is 0 Å². The van der Waals surface area contributed by atoms with E-state index in [4.69, 9.17) is 0 Å². The summed E-state index contributed by atoms with van der Waals surface area (Å²) in [5.41, 5.74) is 0. The maximum absolute atomic E-state index is 12.0. The van der Waals surface area contributed by atoms with E-state index in [0.717, 1.165) is 25.7 Å². The molecule has 0 heterocycles. The normalized spacial score (nSPS) is 11.4. The van der Waals surface area contributed by atoms with E-state index in [0.29, 0.717) is 5.78 Å². The highest BCUT2D eigenvalue weighted by Gasteiger charge is 2.02. The molecule has 0 bridgehead atoms. The van der Waals surface area contributed by atoms with Gasteiger partial charge in [0.1, 0.15) is 5.78 Å². The molecule has 0 radical (unpaired) electrons. The Hall–Kier alpha value is -0.330.